The molecule has 0 saturated heterocycles. The van der Waals surface area contributed by atoms with Crippen LogP contribution in [0.4, 0.5) is 13.2 Å². The van der Waals surface area contributed by atoms with Gasteiger partial charge < -0.3 is 9.84 Å². The average Bonchev–Trinajstić information content (AvgIpc) is 2.62. The zero-order valence-electron chi connectivity index (χ0n) is 16.0. The summed E-state index contributed by atoms with van der Waals surface area (Å²) in [6, 6.07) is 6.50. The molecule has 158 valence electrons. The molecule has 5 nitrogen and oxygen atoms in total. The van der Waals surface area contributed by atoms with Gasteiger partial charge in [-0.2, -0.15) is 13.2 Å². The van der Waals surface area contributed by atoms with Crippen LogP contribution < -0.4 is 4.74 Å². The zero-order chi connectivity index (χ0) is 21.4. The van der Waals surface area contributed by atoms with E-state index in [9.17, 15) is 26.7 Å². The maximum absolute atomic E-state index is 13.2. The number of rotatable bonds is 4. The minimum absolute atomic E-state index is 0.0201. The molecule has 9 heteroatoms. The summed E-state index contributed by atoms with van der Waals surface area (Å²) in [5, 5.41) is 10.6. The van der Waals surface area contributed by atoms with Crippen molar-refractivity contribution in [3.8, 4) is 17.0 Å². The summed E-state index contributed by atoms with van der Waals surface area (Å²) >= 11 is 0. The second-order valence-electron chi connectivity index (χ2n) is 7.58. The van der Waals surface area contributed by atoms with E-state index in [2.05, 4.69) is 4.98 Å². The lowest BCUT2D eigenvalue weighted by atomic mass is 9.83. The fraction of sp³-hybridized carbons (Fsp3) is 0.450. The van der Waals surface area contributed by atoms with Crippen LogP contribution in [0.2, 0.25) is 0 Å². The summed E-state index contributed by atoms with van der Waals surface area (Å²) in [5.74, 6) is -0.0733. The molecular weight excluding hydrogens is 407 g/mol. The Morgan fingerprint density at radius 1 is 1.24 bits per heavy atom. The molecule has 0 bridgehead atoms. The molecular formula is C20H22F3NO4S. The second-order valence-corrected chi connectivity index (χ2v) is 9.60. The van der Waals surface area contributed by atoms with E-state index in [-0.39, 0.29) is 21.9 Å². The van der Waals surface area contributed by atoms with Crippen molar-refractivity contribution in [2.45, 2.75) is 55.4 Å². The standard InChI is InChI=1S/C20H22F3NO4S/c1-19(25)9-4-3-8-17(19)28-18-16(11-14(12-24-18)20(21,22)23)13-6-5-7-15(10-13)29(2,26)27/h5-7,10-12,17,25H,3-4,8-9H2,1-2H3. The van der Waals surface area contributed by atoms with Crippen molar-refractivity contribution in [3.63, 3.8) is 0 Å². The zero-order valence-corrected chi connectivity index (χ0v) is 16.8. The molecule has 3 rings (SSSR count). The fourth-order valence-electron chi connectivity index (χ4n) is 3.41. The highest BCUT2D eigenvalue weighted by molar-refractivity contribution is 7.90. The Hall–Kier alpha value is -2.13. The van der Waals surface area contributed by atoms with E-state index < -0.39 is 33.3 Å². The Kier molecular flexibility index (Phi) is 5.66. The molecule has 1 N–H and O–H groups in total. The van der Waals surface area contributed by atoms with Crippen LogP contribution in [-0.4, -0.2) is 36.5 Å². The van der Waals surface area contributed by atoms with Gasteiger partial charge >= 0.3 is 6.18 Å². The number of aromatic nitrogens is 1. The van der Waals surface area contributed by atoms with E-state index in [1.807, 2.05) is 0 Å². The van der Waals surface area contributed by atoms with Gasteiger partial charge in [-0.3, -0.25) is 0 Å². The van der Waals surface area contributed by atoms with Gasteiger partial charge in [0.05, 0.1) is 16.1 Å². The molecule has 0 amide bonds. The van der Waals surface area contributed by atoms with Crippen LogP contribution in [-0.2, 0) is 16.0 Å². The van der Waals surface area contributed by atoms with Gasteiger partial charge in [-0.1, -0.05) is 18.6 Å². The molecule has 2 unspecified atom stereocenters. The maximum Gasteiger partial charge on any atom is 0.417 e. The number of aliphatic hydroxyl groups is 1. The number of pyridine rings is 1. The number of alkyl halides is 3. The molecule has 2 aromatic rings. The number of halogens is 3. The Labute approximate surface area is 167 Å². The van der Waals surface area contributed by atoms with Gasteiger partial charge in [0.25, 0.3) is 0 Å². The first-order valence-electron chi connectivity index (χ1n) is 9.15. The van der Waals surface area contributed by atoms with Gasteiger partial charge in [0, 0.05) is 18.0 Å². The van der Waals surface area contributed by atoms with Crippen molar-refractivity contribution in [1.82, 2.24) is 4.98 Å². The summed E-state index contributed by atoms with van der Waals surface area (Å²) in [5.41, 5.74) is -1.85. The normalized spacial score (nSPS) is 23.0. The van der Waals surface area contributed by atoms with Gasteiger partial charge in [-0.05, 0) is 49.9 Å². The van der Waals surface area contributed by atoms with E-state index in [4.69, 9.17) is 4.74 Å². The molecule has 2 atom stereocenters. The predicted molar refractivity (Wildman–Crippen MR) is 101 cm³/mol. The Morgan fingerprint density at radius 3 is 2.59 bits per heavy atom. The van der Waals surface area contributed by atoms with Crippen LogP contribution in [0.5, 0.6) is 5.88 Å². The molecule has 0 aliphatic heterocycles. The lowest BCUT2D eigenvalue weighted by Gasteiger charge is -2.37. The second kappa shape index (κ2) is 7.60. The molecule has 1 fully saturated rings. The minimum atomic E-state index is -4.62. The molecule has 0 radical (unpaired) electrons. The maximum atomic E-state index is 13.2. The Bertz CT molecular complexity index is 1000. The quantitative estimate of drug-likeness (QED) is 0.787. The van der Waals surface area contributed by atoms with E-state index >= 15 is 0 Å². The minimum Gasteiger partial charge on any atom is -0.471 e. The Morgan fingerprint density at radius 2 is 1.97 bits per heavy atom. The van der Waals surface area contributed by atoms with Crippen molar-refractivity contribution in [2.75, 3.05) is 6.26 Å². The average molecular weight is 429 g/mol. The highest BCUT2D eigenvalue weighted by atomic mass is 32.2. The number of benzene rings is 1. The third-order valence-corrected chi connectivity index (χ3v) is 6.21. The molecule has 1 saturated carbocycles. The topological polar surface area (TPSA) is 76.5 Å². The van der Waals surface area contributed by atoms with Crippen LogP contribution in [0.1, 0.15) is 38.2 Å². The summed E-state index contributed by atoms with van der Waals surface area (Å²) in [7, 11) is -3.55. The summed E-state index contributed by atoms with van der Waals surface area (Å²) < 4.78 is 69.4. The third kappa shape index (κ3) is 4.90. The highest BCUT2D eigenvalue weighted by Crippen LogP contribution is 2.39. The molecule has 0 spiro atoms. The first-order chi connectivity index (χ1) is 13.4. The molecule has 1 aliphatic rings. The first kappa shape index (κ1) is 21.6. The Balaban J connectivity index is 2.10. The lowest BCUT2D eigenvalue weighted by molar-refractivity contribution is -0.137. The number of sulfone groups is 1. The van der Waals surface area contributed by atoms with Crippen LogP contribution in [0.3, 0.4) is 0 Å². The third-order valence-electron chi connectivity index (χ3n) is 5.10. The SMILES string of the molecule is CC1(O)CCCCC1Oc1ncc(C(F)(F)F)cc1-c1cccc(S(C)(=O)=O)c1. The summed E-state index contributed by atoms with van der Waals surface area (Å²) in [6.07, 6.45) is -0.848. The van der Waals surface area contributed by atoms with Crippen LogP contribution in [0, 0.1) is 0 Å². The van der Waals surface area contributed by atoms with Crippen molar-refractivity contribution in [3.05, 3.63) is 42.1 Å². The van der Waals surface area contributed by atoms with E-state index in [0.29, 0.717) is 19.0 Å². The largest absolute Gasteiger partial charge is 0.471 e. The van der Waals surface area contributed by atoms with E-state index in [1.165, 1.54) is 24.3 Å². The van der Waals surface area contributed by atoms with Crippen molar-refractivity contribution >= 4 is 9.84 Å². The van der Waals surface area contributed by atoms with Crippen LogP contribution >= 0.6 is 0 Å². The van der Waals surface area contributed by atoms with E-state index in [1.54, 1.807) is 6.92 Å². The van der Waals surface area contributed by atoms with E-state index in [0.717, 1.165) is 25.2 Å². The number of hydrogen-bond acceptors (Lipinski definition) is 5. The highest BCUT2D eigenvalue weighted by Gasteiger charge is 2.38. The molecule has 1 aromatic heterocycles. The molecule has 1 aliphatic carbocycles. The number of nitrogens with zero attached hydrogens (tertiary/aromatic N) is 1. The summed E-state index contributed by atoms with van der Waals surface area (Å²) in [4.78, 5) is 3.85. The van der Waals surface area contributed by atoms with Crippen LogP contribution in [0.15, 0.2) is 41.4 Å². The van der Waals surface area contributed by atoms with Gasteiger partial charge in [-0.25, -0.2) is 13.4 Å². The smallest absolute Gasteiger partial charge is 0.417 e. The monoisotopic (exact) mass is 429 g/mol. The number of ether oxygens (including phenoxy) is 1. The van der Waals surface area contributed by atoms with Crippen molar-refractivity contribution < 1.29 is 31.4 Å². The summed E-state index contributed by atoms with van der Waals surface area (Å²) in [6.45, 7) is 1.63. The van der Waals surface area contributed by atoms with Gasteiger partial charge in [-0.15, -0.1) is 0 Å². The van der Waals surface area contributed by atoms with Gasteiger partial charge in [0.15, 0.2) is 9.84 Å². The fourth-order valence-corrected chi connectivity index (χ4v) is 4.07. The first-order valence-corrected chi connectivity index (χ1v) is 11.0. The molecule has 1 heterocycles. The van der Waals surface area contributed by atoms with Crippen LogP contribution in [0.25, 0.3) is 11.1 Å². The molecule has 29 heavy (non-hydrogen) atoms. The van der Waals surface area contributed by atoms with Gasteiger partial charge in [0.1, 0.15) is 6.10 Å². The van der Waals surface area contributed by atoms with Crippen molar-refractivity contribution in [1.29, 1.82) is 0 Å². The van der Waals surface area contributed by atoms with Crippen molar-refractivity contribution in [2.24, 2.45) is 0 Å². The lowest BCUT2D eigenvalue weighted by Crippen LogP contribution is -2.45. The predicted octanol–water partition coefficient (Wildman–Crippen LogP) is 4.24. The molecule has 1 aromatic carbocycles. The number of hydrogen-bond donors (Lipinski definition) is 1. The van der Waals surface area contributed by atoms with Gasteiger partial charge in [0.2, 0.25) is 5.88 Å².